The number of amides is 1. The minimum absolute atomic E-state index is 0.308. The lowest BCUT2D eigenvalue weighted by Crippen LogP contribution is -2.39. The van der Waals surface area contributed by atoms with Gasteiger partial charge in [-0.3, -0.25) is 9.69 Å². The van der Waals surface area contributed by atoms with E-state index in [0.717, 1.165) is 11.3 Å². The average molecular weight is 266 g/mol. The molecular weight excluding hydrogens is 244 g/mol. The molecule has 0 saturated carbocycles. The first-order chi connectivity index (χ1) is 8.99. The Morgan fingerprint density at radius 1 is 1.42 bits per heavy atom. The van der Waals surface area contributed by atoms with Crippen molar-refractivity contribution in [2.45, 2.75) is 26.4 Å². The topological polar surface area (TPSA) is 64.8 Å². The molecule has 0 bridgehead atoms. The van der Waals surface area contributed by atoms with Gasteiger partial charge in [0, 0.05) is 6.54 Å². The number of rotatable bonds is 7. The van der Waals surface area contributed by atoms with Crippen molar-refractivity contribution in [3.05, 3.63) is 23.8 Å². The molecule has 0 saturated heterocycles. The molecule has 0 fully saturated rings. The lowest BCUT2D eigenvalue weighted by molar-refractivity contribution is -0.122. The van der Waals surface area contributed by atoms with E-state index in [2.05, 4.69) is 0 Å². The van der Waals surface area contributed by atoms with Gasteiger partial charge in [-0.05, 0) is 38.6 Å². The molecule has 0 radical (unpaired) electrons. The Balaban J connectivity index is 2.82. The molecule has 0 unspecified atom stereocenters. The molecule has 5 heteroatoms. The van der Waals surface area contributed by atoms with E-state index < -0.39 is 0 Å². The predicted molar refractivity (Wildman–Crippen MR) is 74.3 cm³/mol. The van der Waals surface area contributed by atoms with Gasteiger partial charge in [0.15, 0.2) is 11.5 Å². The summed E-state index contributed by atoms with van der Waals surface area (Å²) in [6, 6.07) is 5.44. The van der Waals surface area contributed by atoms with E-state index in [1.54, 1.807) is 14.0 Å². The van der Waals surface area contributed by atoms with Crippen LogP contribution in [-0.4, -0.2) is 37.6 Å². The number of benzene rings is 1. The highest BCUT2D eigenvalue weighted by atomic mass is 16.5. The van der Waals surface area contributed by atoms with Crippen molar-refractivity contribution in [3.8, 4) is 11.5 Å². The molecule has 5 nitrogen and oxygen atoms in total. The van der Waals surface area contributed by atoms with Crippen LogP contribution in [0.1, 0.15) is 19.4 Å². The van der Waals surface area contributed by atoms with Crippen molar-refractivity contribution in [2.75, 3.05) is 20.8 Å². The summed E-state index contributed by atoms with van der Waals surface area (Å²) < 4.78 is 10.8. The number of nitrogens with zero attached hydrogens (tertiary/aromatic N) is 1. The fourth-order valence-electron chi connectivity index (χ4n) is 1.73. The van der Waals surface area contributed by atoms with E-state index in [1.807, 2.05) is 37.1 Å². The molecule has 0 aliphatic rings. The van der Waals surface area contributed by atoms with E-state index in [-0.39, 0.29) is 11.9 Å². The standard InChI is InChI=1S/C14H22N2O3/c1-5-19-12-7-6-11(8-13(12)18-4)9-16(3)10(2)14(15)17/h6-8,10H,5,9H2,1-4H3,(H2,15,17)/t10-/m1/s1. The number of carbonyl (C=O) groups is 1. The Kier molecular flexibility index (Phi) is 5.63. The third-order valence-electron chi connectivity index (χ3n) is 3.03. The van der Waals surface area contributed by atoms with Crippen LogP contribution in [0.15, 0.2) is 18.2 Å². The zero-order valence-corrected chi connectivity index (χ0v) is 12.0. The monoisotopic (exact) mass is 266 g/mol. The van der Waals surface area contributed by atoms with Crippen LogP contribution in [0.25, 0.3) is 0 Å². The number of hydrogen-bond acceptors (Lipinski definition) is 4. The summed E-state index contributed by atoms with van der Waals surface area (Å²) in [5.41, 5.74) is 6.32. The molecule has 2 N–H and O–H groups in total. The van der Waals surface area contributed by atoms with Gasteiger partial charge in [-0.1, -0.05) is 6.07 Å². The molecule has 0 spiro atoms. The van der Waals surface area contributed by atoms with E-state index in [9.17, 15) is 4.79 Å². The molecule has 106 valence electrons. The number of ether oxygens (including phenoxy) is 2. The number of methoxy groups -OCH3 is 1. The van der Waals surface area contributed by atoms with Crippen molar-refractivity contribution in [1.82, 2.24) is 4.90 Å². The molecule has 1 aromatic rings. The first-order valence-corrected chi connectivity index (χ1v) is 6.28. The maximum absolute atomic E-state index is 11.1. The summed E-state index contributed by atoms with van der Waals surface area (Å²) in [6.45, 7) is 4.92. The normalized spacial score (nSPS) is 12.3. The molecule has 0 aromatic heterocycles. The molecule has 1 rings (SSSR count). The fourth-order valence-corrected chi connectivity index (χ4v) is 1.73. The number of hydrogen-bond donors (Lipinski definition) is 1. The van der Waals surface area contributed by atoms with Gasteiger partial charge in [-0.25, -0.2) is 0 Å². The zero-order chi connectivity index (χ0) is 14.4. The van der Waals surface area contributed by atoms with Crippen molar-refractivity contribution >= 4 is 5.91 Å². The lowest BCUT2D eigenvalue weighted by Gasteiger charge is -2.22. The van der Waals surface area contributed by atoms with Crippen LogP contribution >= 0.6 is 0 Å². The second-order valence-corrected chi connectivity index (χ2v) is 4.41. The van der Waals surface area contributed by atoms with Crippen LogP contribution < -0.4 is 15.2 Å². The lowest BCUT2D eigenvalue weighted by atomic mass is 10.1. The second-order valence-electron chi connectivity index (χ2n) is 4.41. The summed E-state index contributed by atoms with van der Waals surface area (Å²) in [5, 5.41) is 0. The van der Waals surface area contributed by atoms with Gasteiger partial charge in [-0.15, -0.1) is 0 Å². The van der Waals surface area contributed by atoms with Crippen LogP contribution in [0, 0.1) is 0 Å². The van der Waals surface area contributed by atoms with Gasteiger partial charge in [0.1, 0.15) is 0 Å². The minimum Gasteiger partial charge on any atom is -0.493 e. The summed E-state index contributed by atoms with van der Waals surface area (Å²) in [4.78, 5) is 13.0. The van der Waals surface area contributed by atoms with Gasteiger partial charge >= 0.3 is 0 Å². The Morgan fingerprint density at radius 2 is 2.11 bits per heavy atom. The largest absolute Gasteiger partial charge is 0.493 e. The molecule has 1 atom stereocenters. The van der Waals surface area contributed by atoms with Crippen molar-refractivity contribution in [2.24, 2.45) is 5.73 Å². The molecule has 19 heavy (non-hydrogen) atoms. The van der Waals surface area contributed by atoms with Gasteiger partial charge in [0.2, 0.25) is 5.91 Å². The van der Waals surface area contributed by atoms with E-state index in [0.29, 0.717) is 18.9 Å². The number of nitrogens with two attached hydrogens (primary N) is 1. The molecule has 0 heterocycles. The molecule has 1 amide bonds. The van der Waals surface area contributed by atoms with Crippen molar-refractivity contribution < 1.29 is 14.3 Å². The molecule has 0 aliphatic carbocycles. The Hall–Kier alpha value is -1.75. The first kappa shape index (κ1) is 15.3. The summed E-state index contributed by atoms with van der Waals surface area (Å²) in [6.07, 6.45) is 0. The SMILES string of the molecule is CCOc1ccc(CN(C)[C@H](C)C(N)=O)cc1OC. The number of primary amides is 1. The van der Waals surface area contributed by atoms with Crippen molar-refractivity contribution in [1.29, 1.82) is 0 Å². The van der Waals surface area contributed by atoms with Crippen LogP contribution in [0.5, 0.6) is 11.5 Å². The van der Waals surface area contributed by atoms with Gasteiger partial charge < -0.3 is 15.2 Å². The second kappa shape index (κ2) is 6.99. The van der Waals surface area contributed by atoms with Crippen LogP contribution in [0.4, 0.5) is 0 Å². The highest BCUT2D eigenvalue weighted by Gasteiger charge is 2.15. The molecular formula is C14H22N2O3. The van der Waals surface area contributed by atoms with Gasteiger partial charge in [0.25, 0.3) is 0 Å². The van der Waals surface area contributed by atoms with Crippen LogP contribution in [0.3, 0.4) is 0 Å². The highest BCUT2D eigenvalue weighted by molar-refractivity contribution is 5.79. The summed E-state index contributed by atoms with van der Waals surface area (Å²) >= 11 is 0. The maximum Gasteiger partial charge on any atom is 0.234 e. The minimum atomic E-state index is -0.333. The molecule has 0 aliphatic heterocycles. The predicted octanol–water partition coefficient (Wildman–Crippen LogP) is 1.40. The first-order valence-electron chi connectivity index (χ1n) is 6.28. The van der Waals surface area contributed by atoms with Gasteiger partial charge in [-0.2, -0.15) is 0 Å². The smallest absolute Gasteiger partial charge is 0.234 e. The Morgan fingerprint density at radius 3 is 2.63 bits per heavy atom. The molecule has 1 aromatic carbocycles. The van der Waals surface area contributed by atoms with Crippen molar-refractivity contribution in [3.63, 3.8) is 0 Å². The van der Waals surface area contributed by atoms with E-state index in [1.165, 1.54) is 0 Å². The summed E-state index contributed by atoms with van der Waals surface area (Å²) in [7, 11) is 3.47. The third-order valence-corrected chi connectivity index (χ3v) is 3.03. The maximum atomic E-state index is 11.1. The number of likely N-dealkylation sites (N-methyl/N-ethyl adjacent to an activating group) is 1. The third kappa shape index (κ3) is 4.13. The Labute approximate surface area is 114 Å². The van der Waals surface area contributed by atoms with E-state index >= 15 is 0 Å². The average Bonchev–Trinajstić information content (AvgIpc) is 2.39. The van der Waals surface area contributed by atoms with Crippen LogP contribution in [-0.2, 0) is 11.3 Å². The van der Waals surface area contributed by atoms with Gasteiger partial charge in [0.05, 0.1) is 19.8 Å². The number of carbonyl (C=O) groups excluding carboxylic acids is 1. The summed E-state index contributed by atoms with van der Waals surface area (Å²) in [5.74, 6) is 1.08. The quantitative estimate of drug-likeness (QED) is 0.810. The zero-order valence-electron chi connectivity index (χ0n) is 12.0. The Bertz CT molecular complexity index is 435. The highest BCUT2D eigenvalue weighted by Crippen LogP contribution is 2.28. The fraction of sp³-hybridized carbons (Fsp3) is 0.500. The van der Waals surface area contributed by atoms with E-state index in [4.69, 9.17) is 15.2 Å². The van der Waals surface area contributed by atoms with Crippen LogP contribution in [0.2, 0.25) is 0 Å².